The third-order valence-electron chi connectivity index (χ3n) is 5.16. The molecule has 0 bridgehead atoms. The highest BCUT2D eigenvalue weighted by Gasteiger charge is 2.34. The summed E-state index contributed by atoms with van der Waals surface area (Å²) in [5.74, 6) is 2.20. The van der Waals surface area contributed by atoms with Crippen molar-refractivity contribution in [1.82, 2.24) is 15.5 Å². The summed E-state index contributed by atoms with van der Waals surface area (Å²) in [6.45, 7) is 6.93. The van der Waals surface area contributed by atoms with Gasteiger partial charge in [-0.2, -0.15) is 11.8 Å². The molecule has 1 aromatic rings. The molecule has 1 heterocycles. The number of hydrogen-bond acceptors (Lipinski definition) is 3. The van der Waals surface area contributed by atoms with Crippen molar-refractivity contribution in [1.29, 1.82) is 0 Å². The largest absolute Gasteiger partial charge is 0.357 e. The number of thioether (sulfide) groups is 1. The Balaban J connectivity index is 0.00000261. The molecule has 2 N–H and O–H groups in total. The summed E-state index contributed by atoms with van der Waals surface area (Å²) in [6.07, 6.45) is 6.09. The maximum absolute atomic E-state index is 13.5. The fourth-order valence-electron chi connectivity index (χ4n) is 3.59. The highest BCUT2D eigenvalue weighted by molar-refractivity contribution is 14.0. The van der Waals surface area contributed by atoms with Crippen molar-refractivity contribution in [3.63, 3.8) is 0 Å². The fourth-order valence-corrected chi connectivity index (χ4v) is 4.17. The van der Waals surface area contributed by atoms with Gasteiger partial charge in [-0.15, -0.1) is 24.0 Å². The third kappa shape index (κ3) is 7.09. The molecule has 2 aliphatic rings. The second-order valence-corrected chi connectivity index (χ2v) is 8.17. The van der Waals surface area contributed by atoms with Gasteiger partial charge in [-0.1, -0.05) is 6.07 Å². The first-order chi connectivity index (χ1) is 12.7. The van der Waals surface area contributed by atoms with Crippen LogP contribution in [0.5, 0.6) is 0 Å². The summed E-state index contributed by atoms with van der Waals surface area (Å²) < 4.78 is 13.5. The van der Waals surface area contributed by atoms with Gasteiger partial charge in [-0.25, -0.2) is 9.38 Å². The molecule has 1 aromatic carbocycles. The zero-order valence-corrected chi connectivity index (χ0v) is 19.5. The first kappa shape index (κ1) is 22.7. The molecule has 2 fully saturated rings. The van der Waals surface area contributed by atoms with Gasteiger partial charge in [0.25, 0.3) is 0 Å². The third-order valence-corrected chi connectivity index (χ3v) is 5.76. The molecule has 152 valence electrons. The van der Waals surface area contributed by atoms with Crippen molar-refractivity contribution in [3.05, 3.63) is 35.1 Å². The number of halogens is 2. The number of rotatable bonds is 8. The molecule has 7 heteroatoms. The Labute approximate surface area is 184 Å². The van der Waals surface area contributed by atoms with E-state index in [-0.39, 0.29) is 29.8 Å². The molecular weight excluding hydrogens is 474 g/mol. The number of hydrogen-bond donors (Lipinski definition) is 2. The van der Waals surface area contributed by atoms with E-state index in [2.05, 4.69) is 22.5 Å². The summed E-state index contributed by atoms with van der Waals surface area (Å²) in [4.78, 5) is 7.38. The van der Waals surface area contributed by atoms with Crippen LogP contribution in [0.2, 0.25) is 0 Å². The Bertz CT molecular complexity index is 624. The summed E-state index contributed by atoms with van der Waals surface area (Å²) in [6, 6.07) is 5.89. The van der Waals surface area contributed by atoms with E-state index in [0.29, 0.717) is 12.5 Å². The number of likely N-dealkylation sites (tertiary alicyclic amines) is 1. The van der Waals surface area contributed by atoms with Crippen LogP contribution in [0.3, 0.4) is 0 Å². The molecular formula is C20H32FIN4S. The van der Waals surface area contributed by atoms with Gasteiger partial charge < -0.3 is 15.5 Å². The zero-order valence-electron chi connectivity index (χ0n) is 16.3. The molecule has 27 heavy (non-hydrogen) atoms. The van der Waals surface area contributed by atoms with Gasteiger partial charge in [-0.3, -0.25) is 0 Å². The van der Waals surface area contributed by atoms with E-state index in [0.717, 1.165) is 42.0 Å². The molecule has 1 aliphatic heterocycles. The molecule has 3 rings (SSSR count). The highest BCUT2D eigenvalue weighted by atomic mass is 127. The van der Waals surface area contributed by atoms with Gasteiger partial charge in [0.2, 0.25) is 0 Å². The summed E-state index contributed by atoms with van der Waals surface area (Å²) >= 11 is 1.71. The van der Waals surface area contributed by atoms with Crippen molar-refractivity contribution in [2.45, 2.75) is 44.5 Å². The second-order valence-electron chi connectivity index (χ2n) is 7.30. The molecule has 0 aromatic heterocycles. The minimum absolute atomic E-state index is 0. The molecule has 4 nitrogen and oxygen atoms in total. The van der Waals surface area contributed by atoms with E-state index in [9.17, 15) is 4.39 Å². The van der Waals surface area contributed by atoms with Crippen molar-refractivity contribution >= 4 is 41.7 Å². The van der Waals surface area contributed by atoms with E-state index in [1.165, 1.54) is 38.4 Å². The Kier molecular flexibility index (Phi) is 9.65. The Hall–Kier alpha value is -0.540. The summed E-state index contributed by atoms with van der Waals surface area (Å²) in [5.41, 5.74) is 2.13. The van der Waals surface area contributed by atoms with E-state index in [4.69, 9.17) is 4.99 Å². The normalized spacial score (nSPS) is 20.4. The lowest BCUT2D eigenvalue weighted by Gasteiger charge is -2.17. The first-order valence-electron chi connectivity index (χ1n) is 9.72. The van der Waals surface area contributed by atoms with Crippen LogP contribution in [0.15, 0.2) is 23.2 Å². The Morgan fingerprint density at radius 2 is 2.07 bits per heavy atom. The molecule has 0 spiro atoms. The molecule has 1 unspecified atom stereocenters. The van der Waals surface area contributed by atoms with Crippen LogP contribution in [-0.2, 0) is 12.3 Å². The van der Waals surface area contributed by atoms with Crippen molar-refractivity contribution in [3.8, 4) is 0 Å². The van der Waals surface area contributed by atoms with E-state index in [1.54, 1.807) is 17.8 Å². The van der Waals surface area contributed by atoms with E-state index >= 15 is 0 Å². The number of guanidine groups is 1. The second kappa shape index (κ2) is 11.5. The van der Waals surface area contributed by atoms with Gasteiger partial charge in [0.15, 0.2) is 5.96 Å². The van der Waals surface area contributed by atoms with E-state index in [1.807, 2.05) is 12.3 Å². The minimum Gasteiger partial charge on any atom is -0.357 e. The lowest BCUT2D eigenvalue weighted by Crippen LogP contribution is -2.40. The first-order valence-corrected chi connectivity index (χ1v) is 11.1. The number of benzene rings is 1. The van der Waals surface area contributed by atoms with Gasteiger partial charge in [0, 0.05) is 31.4 Å². The average molecular weight is 506 g/mol. The van der Waals surface area contributed by atoms with Crippen LogP contribution >= 0.6 is 35.7 Å². The van der Waals surface area contributed by atoms with Crippen LogP contribution < -0.4 is 10.6 Å². The lowest BCUT2D eigenvalue weighted by molar-refractivity contribution is 0.314. The Morgan fingerprint density at radius 3 is 2.78 bits per heavy atom. The van der Waals surface area contributed by atoms with Crippen LogP contribution in [-0.4, -0.2) is 49.3 Å². The molecule has 1 aliphatic carbocycles. The maximum atomic E-state index is 13.5. The monoisotopic (exact) mass is 506 g/mol. The Morgan fingerprint density at radius 1 is 1.26 bits per heavy atom. The van der Waals surface area contributed by atoms with Crippen LogP contribution in [0.25, 0.3) is 0 Å². The predicted molar refractivity (Wildman–Crippen MR) is 125 cm³/mol. The fraction of sp³-hybridized carbons (Fsp3) is 0.650. The summed E-state index contributed by atoms with van der Waals surface area (Å²) in [5, 5.41) is 6.84. The average Bonchev–Trinajstić information content (AvgIpc) is 3.37. The lowest BCUT2D eigenvalue weighted by atomic mass is 10.1. The van der Waals surface area contributed by atoms with Crippen LogP contribution in [0.4, 0.5) is 4.39 Å². The number of nitrogens with one attached hydrogen (secondary N) is 2. The SMILES string of the molecule is CCNC(=NCc1ccc(F)cc1CSC)NCC1CCN(C2CC2)C1.I. The van der Waals surface area contributed by atoms with Gasteiger partial charge >= 0.3 is 0 Å². The molecule has 1 saturated carbocycles. The van der Waals surface area contributed by atoms with Gasteiger partial charge in [0.1, 0.15) is 5.82 Å². The number of nitrogens with zero attached hydrogens (tertiary/aromatic N) is 2. The van der Waals surface area contributed by atoms with Crippen LogP contribution in [0, 0.1) is 11.7 Å². The summed E-state index contributed by atoms with van der Waals surface area (Å²) in [7, 11) is 0. The molecule has 1 atom stereocenters. The highest BCUT2D eigenvalue weighted by Crippen LogP contribution is 2.31. The van der Waals surface area contributed by atoms with Gasteiger partial charge in [-0.05, 0) is 68.2 Å². The van der Waals surface area contributed by atoms with Crippen LogP contribution in [0.1, 0.15) is 37.3 Å². The zero-order chi connectivity index (χ0) is 18.4. The minimum atomic E-state index is -0.173. The number of aliphatic imine (C=N–C) groups is 1. The standard InChI is InChI=1S/C20H31FN4S.HI/c1-3-22-20(23-11-15-8-9-25(13-15)19-6-7-19)24-12-16-4-5-18(21)10-17(16)14-26-2;/h4-5,10,15,19H,3,6-9,11-14H2,1-2H3,(H2,22,23,24);1H. The van der Waals surface area contributed by atoms with Crippen molar-refractivity contribution < 1.29 is 4.39 Å². The molecule has 0 amide bonds. The predicted octanol–water partition coefficient (Wildman–Crippen LogP) is 3.85. The quantitative estimate of drug-likeness (QED) is 0.319. The van der Waals surface area contributed by atoms with E-state index < -0.39 is 0 Å². The smallest absolute Gasteiger partial charge is 0.191 e. The van der Waals surface area contributed by atoms with Gasteiger partial charge in [0.05, 0.1) is 6.54 Å². The molecule has 0 radical (unpaired) electrons. The van der Waals surface area contributed by atoms with Crippen molar-refractivity contribution in [2.75, 3.05) is 32.4 Å². The molecule has 1 saturated heterocycles. The topological polar surface area (TPSA) is 39.7 Å². The maximum Gasteiger partial charge on any atom is 0.191 e. The van der Waals surface area contributed by atoms with Crippen molar-refractivity contribution in [2.24, 2.45) is 10.9 Å².